The molecule has 0 radical (unpaired) electrons. The number of nitrogens with one attached hydrogen (secondary N) is 1. The van der Waals surface area contributed by atoms with Gasteiger partial charge >= 0.3 is 0 Å². The van der Waals surface area contributed by atoms with Gasteiger partial charge in [0.2, 0.25) is 0 Å². The Bertz CT molecular complexity index is 483. The van der Waals surface area contributed by atoms with E-state index in [1.165, 1.54) is 6.08 Å². The van der Waals surface area contributed by atoms with Crippen molar-refractivity contribution in [3.05, 3.63) is 29.2 Å². The second-order valence-corrected chi connectivity index (χ2v) is 3.92. The van der Waals surface area contributed by atoms with Crippen molar-refractivity contribution in [2.75, 3.05) is 19.8 Å². The molecule has 1 heterocycles. The average molecular weight is 262 g/mol. The van der Waals surface area contributed by atoms with Crippen LogP contribution in [0.1, 0.15) is 24.9 Å². The van der Waals surface area contributed by atoms with Gasteiger partial charge in [-0.15, -0.1) is 0 Å². The van der Waals surface area contributed by atoms with Gasteiger partial charge in [-0.1, -0.05) is 0 Å². The van der Waals surface area contributed by atoms with Gasteiger partial charge in [-0.05, 0) is 32.4 Å². The minimum absolute atomic E-state index is 0.0331. The first-order valence-electron chi connectivity index (χ1n) is 6.21. The summed E-state index contributed by atoms with van der Waals surface area (Å²) >= 11 is 0. The van der Waals surface area contributed by atoms with Crippen molar-refractivity contribution in [1.29, 1.82) is 5.26 Å². The number of nitriles is 1. The van der Waals surface area contributed by atoms with Gasteiger partial charge in [-0.2, -0.15) is 5.26 Å². The summed E-state index contributed by atoms with van der Waals surface area (Å²) in [4.78, 5) is 11.7. The number of rotatable bonds is 7. The number of hydrogen-bond donors (Lipinski definition) is 1. The van der Waals surface area contributed by atoms with E-state index in [0.29, 0.717) is 25.5 Å². The van der Waals surface area contributed by atoms with Crippen LogP contribution in [-0.2, 0) is 9.53 Å². The maximum Gasteiger partial charge on any atom is 0.262 e. The number of hydrogen-bond acceptors (Lipinski definition) is 4. The lowest BCUT2D eigenvalue weighted by Gasteiger charge is -2.04. The second kappa shape index (κ2) is 8.11. The third-order valence-corrected chi connectivity index (χ3v) is 2.37. The molecule has 0 bridgehead atoms. The summed E-state index contributed by atoms with van der Waals surface area (Å²) in [5.41, 5.74) is 0.0331. The van der Waals surface area contributed by atoms with Crippen LogP contribution in [0.4, 0.5) is 0 Å². The van der Waals surface area contributed by atoms with Crippen molar-refractivity contribution in [1.82, 2.24) is 5.32 Å². The second-order valence-electron chi connectivity index (χ2n) is 3.92. The molecule has 0 aliphatic carbocycles. The zero-order chi connectivity index (χ0) is 14.1. The van der Waals surface area contributed by atoms with Crippen molar-refractivity contribution in [3.8, 4) is 6.07 Å². The average Bonchev–Trinajstić information content (AvgIpc) is 2.81. The Balaban J connectivity index is 2.49. The summed E-state index contributed by atoms with van der Waals surface area (Å²) in [6.07, 6.45) is 2.16. The maximum atomic E-state index is 11.7. The van der Waals surface area contributed by atoms with Gasteiger partial charge in [-0.3, -0.25) is 4.79 Å². The maximum absolute atomic E-state index is 11.7. The molecule has 0 spiro atoms. The minimum atomic E-state index is -0.395. The van der Waals surface area contributed by atoms with Gasteiger partial charge in [0.1, 0.15) is 23.2 Å². The number of carbonyl (C=O) groups is 1. The molecule has 1 aromatic rings. The lowest BCUT2D eigenvalue weighted by Crippen LogP contribution is -2.26. The zero-order valence-corrected chi connectivity index (χ0v) is 11.2. The summed E-state index contributed by atoms with van der Waals surface area (Å²) < 4.78 is 10.5. The van der Waals surface area contributed by atoms with Gasteiger partial charge in [0.25, 0.3) is 5.91 Å². The Labute approximate surface area is 112 Å². The number of furan rings is 1. The van der Waals surface area contributed by atoms with Crippen LogP contribution in [0.5, 0.6) is 0 Å². The number of carbonyl (C=O) groups excluding carboxylic acids is 1. The summed E-state index contributed by atoms with van der Waals surface area (Å²) in [5, 5.41) is 11.6. The molecule has 0 aliphatic rings. The Kier molecular flexibility index (Phi) is 6.41. The predicted molar refractivity (Wildman–Crippen MR) is 71.2 cm³/mol. The molecular weight excluding hydrogens is 244 g/mol. The smallest absolute Gasteiger partial charge is 0.262 e. The van der Waals surface area contributed by atoms with Crippen LogP contribution in [0.2, 0.25) is 0 Å². The highest BCUT2D eigenvalue weighted by molar-refractivity contribution is 6.01. The number of amides is 1. The van der Waals surface area contributed by atoms with Crippen molar-refractivity contribution in [2.45, 2.75) is 20.3 Å². The molecule has 0 saturated carbocycles. The lowest BCUT2D eigenvalue weighted by atomic mass is 10.2. The third-order valence-electron chi connectivity index (χ3n) is 2.37. The van der Waals surface area contributed by atoms with E-state index < -0.39 is 5.91 Å². The van der Waals surface area contributed by atoms with E-state index in [1.54, 1.807) is 19.1 Å². The topological polar surface area (TPSA) is 75.3 Å². The summed E-state index contributed by atoms with van der Waals surface area (Å²) in [7, 11) is 0. The van der Waals surface area contributed by atoms with Crippen LogP contribution >= 0.6 is 0 Å². The van der Waals surface area contributed by atoms with E-state index in [2.05, 4.69) is 5.32 Å². The standard InChI is InChI=1S/C14H18N2O3/c1-3-18-8-4-7-16-14(17)12(10-15)9-13-6-5-11(2)19-13/h5-6,9H,3-4,7-8H2,1-2H3,(H,16,17). The molecule has 0 saturated heterocycles. The lowest BCUT2D eigenvalue weighted by molar-refractivity contribution is -0.117. The fraction of sp³-hybridized carbons (Fsp3) is 0.429. The van der Waals surface area contributed by atoms with Crippen LogP contribution in [0, 0.1) is 18.3 Å². The van der Waals surface area contributed by atoms with E-state index in [4.69, 9.17) is 14.4 Å². The van der Waals surface area contributed by atoms with E-state index >= 15 is 0 Å². The van der Waals surface area contributed by atoms with Gasteiger partial charge in [0.15, 0.2) is 0 Å². The minimum Gasteiger partial charge on any atom is -0.462 e. The molecule has 1 N–H and O–H groups in total. The van der Waals surface area contributed by atoms with Gasteiger partial charge in [-0.25, -0.2) is 0 Å². The number of aryl methyl sites for hydroxylation is 1. The van der Waals surface area contributed by atoms with E-state index in [9.17, 15) is 4.79 Å². The SMILES string of the molecule is CCOCCCNC(=O)C(C#N)=Cc1ccc(C)o1. The monoisotopic (exact) mass is 262 g/mol. The van der Waals surface area contributed by atoms with Crippen LogP contribution in [-0.4, -0.2) is 25.7 Å². The first-order chi connectivity index (χ1) is 9.17. The van der Waals surface area contributed by atoms with Gasteiger partial charge < -0.3 is 14.5 Å². The van der Waals surface area contributed by atoms with E-state index in [-0.39, 0.29) is 5.57 Å². The largest absolute Gasteiger partial charge is 0.462 e. The van der Waals surface area contributed by atoms with Crippen molar-refractivity contribution in [2.24, 2.45) is 0 Å². The fourth-order valence-electron chi connectivity index (χ4n) is 1.44. The zero-order valence-electron chi connectivity index (χ0n) is 11.2. The Morgan fingerprint density at radius 3 is 2.95 bits per heavy atom. The molecule has 0 unspecified atom stereocenters. The quantitative estimate of drug-likeness (QED) is 0.463. The normalized spacial score (nSPS) is 11.1. The van der Waals surface area contributed by atoms with Crippen molar-refractivity contribution >= 4 is 12.0 Å². The molecule has 5 nitrogen and oxygen atoms in total. The fourth-order valence-corrected chi connectivity index (χ4v) is 1.44. The molecule has 1 aromatic heterocycles. The predicted octanol–water partition coefficient (Wildman–Crippen LogP) is 2.04. The Hall–Kier alpha value is -2.06. The van der Waals surface area contributed by atoms with Crippen LogP contribution in [0.25, 0.3) is 6.08 Å². The summed E-state index contributed by atoms with van der Waals surface area (Å²) in [6, 6.07) is 5.37. The third kappa shape index (κ3) is 5.40. The molecule has 5 heteroatoms. The van der Waals surface area contributed by atoms with E-state index in [0.717, 1.165) is 12.2 Å². The highest BCUT2D eigenvalue weighted by Crippen LogP contribution is 2.10. The van der Waals surface area contributed by atoms with Crippen LogP contribution < -0.4 is 5.32 Å². The molecule has 0 atom stereocenters. The summed E-state index contributed by atoms with van der Waals surface area (Å²) in [5.74, 6) is 0.840. The van der Waals surface area contributed by atoms with Crippen molar-refractivity contribution in [3.63, 3.8) is 0 Å². The molecular formula is C14H18N2O3. The molecule has 0 aliphatic heterocycles. The molecule has 1 amide bonds. The Morgan fingerprint density at radius 1 is 1.58 bits per heavy atom. The summed E-state index contributed by atoms with van der Waals surface area (Å²) in [6.45, 7) is 5.46. The van der Waals surface area contributed by atoms with E-state index in [1.807, 2.05) is 13.0 Å². The first-order valence-corrected chi connectivity index (χ1v) is 6.21. The highest BCUT2D eigenvalue weighted by Gasteiger charge is 2.09. The molecule has 0 aromatic carbocycles. The van der Waals surface area contributed by atoms with Gasteiger partial charge in [0.05, 0.1) is 0 Å². The Morgan fingerprint density at radius 2 is 2.37 bits per heavy atom. The molecule has 19 heavy (non-hydrogen) atoms. The molecule has 102 valence electrons. The van der Waals surface area contributed by atoms with Crippen LogP contribution in [0.15, 0.2) is 22.1 Å². The number of ether oxygens (including phenoxy) is 1. The van der Waals surface area contributed by atoms with Crippen LogP contribution in [0.3, 0.4) is 0 Å². The van der Waals surface area contributed by atoms with Crippen molar-refractivity contribution < 1.29 is 13.9 Å². The molecule has 1 rings (SSSR count). The first kappa shape index (κ1) is 15.0. The van der Waals surface area contributed by atoms with Gasteiger partial charge in [0, 0.05) is 25.8 Å². The highest BCUT2D eigenvalue weighted by atomic mass is 16.5. The number of nitrogens with zero attached hydrogens (tertiary/aromatic N) is 1. The molecule has 0 fully saturated rings.